The van der Waals surface area contributed by atoms with E-state index in [-0.39, 0.29) is 12.1 Å². The van der Waals surface area contributed by atoms with Crippen LogP contribution < -0.4 is 11.3 Å². The number of hydrazine groups is 1. The monoisotopic (exact) mass is 210 g/mol. The van der Waals surface area contributed by atoms with Gasteiger partial charge in [0, 0.05) is 18.4 Å². The van der Waals surface area contributed by atoms with Crippen molar-refractivity contribution in [2.75, 3.05) is 0 Å². The average Bonchev–Trinajstić information content (AvgIpc) is 2.45. The van der Waals surface area contributed by atoms with Crippen LogP contribution in [0.25, 0.3) is 0 Å². The SMILES string of the molecule is C#CCCC(NN)C1C(C)OC(C)C1C. The predicted octanol–water partition coefficient (Wildman–Crippen LogP) is 1.29. The Morgan fingerprint density at radius 1 is 1.40 bits per heavy atom. The quantitative estimate of drug-likeness (QED) is 0.417. The largest absolute Gasteiger partial charge is 0.375 e. The third-order valence-corrected chi connectivity index (χ3v) is 3.60. The van der Waals surface area contributed by atoms with Gasteiger partial charge in [-0.1, -0.05) is 6.92 Å². The summed E-state index contributed by atoms with van der Waals surface area (Å²) in [6.45, 7) is 6.46. The molecule has 1 saturated heterocycles. The molecule has 0 radical (unpaired) electrons. The van der Waals surface area contributed by atoms with Gasteiger partial charge in [0.05, 0.1) is 12.2 Å². The lowest BCUT2D eigenvalue weighted by Gasteiger charge is -2.27. The van der Waals surface area contributed by atoms with Crippen LogP contribution in [0.2, 0.25) is 0 Å². The van der Waals surface area contributed by atoms with Crippen molar-refractivity contribution in [1.82, 2.24) is 5.43 Å². The van der Waals surface area contributed by atoms with Gasteiger partial charge in [0.15, 0.2) is 0 Å². The smallest absolute Gasteiger partial charge is 0.0597 e. The summed E-state index contributed by atoms with van der Waals surface area (Å²) in [6, 6.07) is 0.260. The molecule has 1 aliphatic heterocycles. The van der Waals surface area contributed by atoms with Crippen molar-refractivity contribution >= 4 is 0 Å². The molecule has 5 atom stereocenters. The first-order chi connectivity index (χ1) is 7.11. The molecule has 0 aromatic heterocycles. The predicted molar refractivity (Wildman–Crippen MR) is 61.8 cm³/mol. The summed E-state index contributed by atoms with van der Waals surface area (Å²) in [4.78, 5) is 0. The zero-order valence-electron chi connectivity index (χ0n) is 9.86. The Balaban J connectivity index is 2.63. The molecule has 3 heteroatoms. The van der Waals surface area contributed by atoms with E-state index in [0.717, 1.165) is 12.8 Å². The van der Waals surface area contributed by atoms with Gasteiger partial charge in [-0.3, -0.25) is 11.3 Å². The lowest BCUT2D eigenvalue weighted by atomic mass is 9.82. The third-order valence-electron chi connectivity index (χ3n) is 3.60. The zero-order chi connectivity index (χ0) is 11.4. The molecule has 3 N–H and O–H groups in total. The molecular formula is C12H22N2O. The maximum Gasteiger partial charge on any atom is 0.0597 e. The molecule has 0 saturated carbocycles. The van der Waals surface area contributed by atoms with E-state index in [2.05, 4.69) is 32.1 Å². The van der Waals surface area contributed by atoms with Gasteiger partial charge in [0.2, 0.25) is 0 Å². The minimum absolute atomic E-state index is 0.258. The van der Waals surface area contributed by atoms with Gasteiger partial charge in [-0.2, -0.15) is 0 Å². The number of hydrogen-bond acceptors (Lipinski definition) is 3. The van der Waals surface area contributed by atoms with Crippen LogP contribution in [0.15, 0.2) is 0 Å². The molecule has 0 aromatic rings. The molecule has 0 bridgehead atoms. The van der Waals surface area contributed by atoms with E-state index < -0.39 is 0 Å². The van der Waals surface area contributed by atoms with Crippen molar-refractivity contribution in [3.63, 3.8) is 0 Å². The first-order valence-electron chi connectivity index (χ1n) is 5.66. The van der Waals surface area contributed by atoms with Crippen LogP contribution in [0.5, 0.6) is 0 Å². The van der Waals surface area contributed by atoms with E-state index in [1.165, 1.54) is 0 Å². The maximum absolute atomic E-state index is 5.80. The number of ether oxygens (including phenoxy) is 1. The molecule has 0 aromatic carbocycles. The van der Waals surface area contributed by atoms with Crippen LogP contribution in [0.1, 0.15) is 33.6 Å². The first kappa shape index (κ1) is 12.5. The van der Waals surface area contributed by atoms with Crippen molar-refractivity contribution in [1.29, 1.82) is 0 Å². The normalized spacial score (nSPS) is 37.5. The molecule has 0 spiro atoms. The number of terminal acetylenes is 1. The highest BCUT2D eigenvalue weighted by Gasteiger charge is 2.40. The van der Waals surface area contributed by atoms with Gasteiger partial charge in [0.25, 0.3) is 0 Å². The van der Waals surface area contributed by atoms with E-state index in [4.69, 9.17) is 17.0 Å². The van der Waals surface area contributed by atoms with E-state index in [1.54, 1.807) is 0 Å². The zero-order valence-corrected chi connectivity index (χ0v) is 9.86. The van der Waals surface area contributed by atoms with Gasteiger partial charge in [-0.25, -0.2) is 0 Å². The third kappa shape index (κ3) is 2.72. The van der Waals surface area contributed by atoms with Gasteiger partial charge >= 0.3 is 0 Å². The van der Waals surface area contributed by atoms with Gasteiger partial charge in [-0.05, 0) is 26.2 Å². The van der Waals surface area contributed by atoms with Crippen LogP contribution in [-0.2, 0) is 4.74 Å². The van der Waals surface area contributed by atoms with Crippen molar-refractivity contribution in [2.24, 2.45) is 17.7 Å². The van der Waals surface area contributed by atoms with Crippen LogP contribution >= 0.6 is 0 Å². The summed E-state index contributed by atoms with van der Waals surface area (Å²) in [7, 11) is 0. The minimum atomic E-state index is 0.258. The lowest BCUT2D eigenvalue weighted by molar-refractivity contribution is 0.0472. The number of nitrogens with one attached hydrogen (secondary N) is 1. The Morgan fingerprint density at radius 3 is 2.47 bits per heavy atom. The standard InChI is InChI=1S/C12H22N2O/c1-5-6-7-11(14-13)12-8(2)9(3)15-10(12)4/h1,8-12,14H,6-7,13H2,2-4H3. The van der Waals surface area contributed by atoms with E-state index in [0.29, 0.717) is 17.9 Å². The summed E-state index contributed by atoms with van der Waals surface area (Å²) in [6.07, 6.45) is 7.53. The van der Waals surface area contributed by atoms with Crippen molar-refractivity contribution in [3.8, 4) is 12.3 Å². The molecular weight excluding hydrogens is 188 g/mol. The Labute approximate surface area is 92.7 Å². The fourth-order valence-corrected chi connectivity index (χ4v) is 2.61. The Kier molecular flexibility index (Phi) is 4.59. The summed E-state index contributed by atoms with van der Waals surface area (Å²) >= 11 is 0. The highest BCUT2D eigenvalue weighted by atomic mass is 16.5. The Bertz CT molecular complexity index is 236. The number of rotatable bonds is 4. The second kappa shape index (κ2) is 5.50. The van der Waals surface area contributed by atoms with Gasteiger partial charge in [0.1, 0.15) is 0 Å². The number of nitrogens with two attached hydrogens (primary N) is 1. The fourth-order valence-electron chi connectivity index (χ4n) is 2.61. The van der Waals surface area contributed by atoms with Crippen molar-refractivity contribution < 1.29 is 4.74 Å². The summed E-state index contributed by atoms with van der Waals surface area (Å²) in [5, 5.41) is 0. The first-order valence-corrected chi connectivity index (χ1v) is 5.66. The van der Waals surface area contributed by atoms with Crippen LogP contribution in [0.3, 0.4) is 0 Å². The Morgan fingerprint density at radius 2 is 2.07 bits per heavy atom. The van der Waals surface area contributed by atoms with Crippen LogP contribution in [0.4, 0.5) is 0 Å². The van der Waals surface area contributed by atoms with Crippen molar-refractivity contribution in [2.45, 2.75) is 51.9 Å². The fraction of sp³-hybridized carbons (Fsp3) is 0.833. The summed E-state index contributed by atoms with van der Waals surface area (Å²) < 4.78 is 5.80. The van der Waals surface area contributed by atoms with E-state index in [1.807, 2.05) is 0 Å². The summed E-state index contributed by atoms with van der Waals surface area (Å²) in [5.74, 6) is 9.23. The molecule has 1 fully saturated rings. The van der Waals surface area contributed by atoms with Crippen molar-refractivity contribution in [3.05, 3.63) is 0 Å². The van der Waals surface area contributed by atoms with Gasteiger partial charge < -0.3 is 4.74 Å². The second-order valence-electron chi connectivity index (χ2n) is 4.50. The topological polar surface area (TPSA) is 47.3 Å². The Hall–Kier alpha value is -0.560. The molecule has 5 unspecified atom stereocenters. The molecule has 86 valence electrons. The molecule has 15 heavy (non-hydrogen) atoms. The number of hydrogen-bond donors (Lipinski definition) is 2. The molecule has 0 aliphatic carbocycles. The van der Waals surface area contributed by atoms with Crippen LogP contribution in [0, 0.1) is 24.2 Å². The molecule has 0 amide bonds. The molecule has 3 nitrogen and oxygen atoms in total. The molecule has 1 rings (SSSR count). The lowest BCUT2D eigenvalue weighted by Crippen LogP contribution is -2.45. The van der Waals surface area contributed by atoms with E-state index in [9.17, 15) is 0 Å². The average molecular weight is 210 g/mol. The molecule has 1 heterocycles. The minimum Gasteiger partial charge on any atom is -0.375 e. The highest BCUT2D eigenvalue weighted by Crippen LogP contribution is 2.35. The molecule has 1 aliphatic rings. The summed E-state index contributed by atoms with van der Waals surface area (Å²) in [5.41, 5.74) is 2.88. The maximum atomic E-state index is 5.80. The van der Waals surface area contributed by atoms with Gasteiger partial charge in [-0.15, -0.1) is 12.3 Å². The van der Waals surface area contributed by atoms with Crippen LogP contribution in [-0.4, -0.2) is 18.2 Å². The van der Waals surface area contributed by atoms with E-state index >= 15 is 0 Å². The highest BCUT2D eigenvalue weighted by molar-refractivity contribution is 4.93. The second-order valence-corrected chi connectivity index (χ2v) is 4.50.